The van der Waals surface area contributed by atoms with Crippen molar-refractivity contribution < 1.29 is 14.1 Å². The summed E-state index contributed by atoms with van der Waals surface area (Å²) in [7, 11) is 0. The third kappa shape index (κ3) is 3.37. The number of nitro benzene ring substituents is 1. The molecule has 0 spiro atoms. The summed E-state index contributed by atoms with van der Waals surface area (Å²) in [6.45, 7) is 6.10. The highest BCUT2D eigenvalue weighted by atomic mass is 19.1. The molecule has 2 aromatic carbocycles. The lowest BCUT2D eigenvalue weighted by Gasteiger charge is -2.12. The van der Waals surface area contributed by atoms with E-state index in [0.29, 0.717) is 5.56 Å². The van der Waals surface area contributed by atoms with Crippen LogP contribution in [0.25, 0.3) is 0 Å². The second-order valence-electron chi connectivity index (χ2n) is 5.04. The number of aryl methyl sites for hydroxylation is 2. The maximum atomic E-state index is 13.5. The number of rotatable bonds is 4. The molecule has 0 atom stereocenters. The van der Waals surface area contributed by atoms with Gasteiger partial charge in [0.15, 0.2) is 0 Å². The van der Waals surface area contributed by atoms with Crippen LogP contribution in [-0.2, 0) is 6.61 Å². The van der Waals surface area contributed by atoms with Crippen LogP contribution in [0, 0.1) is 36.7 Å². The molecule has 0 radical (unpaired) electrons. The van der Waals surface area contributed by atoms with Gasteiger partial charge in [0.2, 0.25) is 5.82 Å². The van der Waals surface area contributed by atoms with Crippen LogP contribution >= 0.6 is 0 Å². The van der Waals surface area contributed by atoms with Crippen LogP contribution in [0.3, 0.4) is 0 Å². The molecule has 0 aliphatic carbocycles. The molecular weight excluding hydrogens is 273 g/mol. The summed E-state index contributed by atoms with van der Waals surface area (Å²) in [6.07, 6.45) is 0. The molecule has 0 aromatic heterocycles. The van der Waals surface area contributed by atoms with E-state index in [1.54, 1.807) is 0 Å². The molecule has 4 nitrogen and oxygen atoms in total. The van der Waals surface area contributed by atoms with Gasteiger partial charge in [0, 0.05) is 6.07 Å². The van der Waals surface area contributed by atoms with Crippen LogP contribution in [0.5, 0.6) is 5.75 Å². The number of halogens is 1. The third-order valence-electron chi connectivity index (χ3n) is 3.37. The van der Waals surface area contributed by atoms with Crippen LogP contribution in [0.15, 0.2) is 30.3 Å². The van der Waals surface area contributed by atoms with Gasteiger partial charge in [0.05, 0.1) is 4.92 Å². The molecule has 0 unspecified atom stereocenters. The summed E-state index contributed by atoms with van der Waals surface area (Å²) >= 11 is 0. The number of nitrogens with zero attached hydrogens (tertiary/aromatic N) is 1. The third-order valence-corrected chi connectivity index (χ3v) is 3.37. The van der Waals surface area contributed by atoms with Gasteiger partial charge in [-0.05, 0) is 61.2 Å². The molecule has 0 fully saturated rings. The van der Waals surface area contributed by atoms with Crippen LogP contribution in [0.1, 0.15) is 22.3 Å². The van der Waals surface area contributed by atoms with Crippen molar-refractivity contribution in [1.29, 1.82) is 0 Å². The lowest BCUT2D eigenvalue weighted by molar-refractivity contribution is -0.387. The van der Waals surface area contributed by atoms with Gasteiger partial charge in [-0.15, -0.1) is 0 Å². The standard InChI is InChI=1S/C16H16FNO3/c1-10-6-11(2)12(3)16(7-10)21-9-13-4-5-15(18(19)20)14(17)8-13/h4-8H,9H2,1-3H3. The van der Waals surface area contributed by atoms with E-state index >= 15 is 0 Å². The summed E-state index contributed by atoms with van der Waals surface area (Å²) in [5.41, 5.74) is 3.27. The Morgan fingerprint density at radius 2 is 1.90 bits per heavy atom. The highest BCUT2D eigenvalue weighted by Crippen LogP contribution is 2.25. The molecule has 0 aliphatic heterocycles. The average Bonchev–Trinajstić information content (AvgIpc) is 2.40. The first-order valence-electron chi connectivity index (χ1n) is 6.52. The van der Waals surface area contributed by atoms with Crippen molar-refractivity contribution in [2.24, 2.45) is 0 Å². The predicted octanol–water partition coefficient (Wildman–Crippen LogP) is 4.24. The molecule has 0 N–H and O–H groups in total. The van der Waals surface area contributed by atoms with Gasteiger partial charge in [-0.2, -0.15) is 4.39 Å². The summed E-state index contributed by atoms with van der Waals surface area (Å²) < 4.78 is 19.2. The maximum Gasteiger partial charge on any atom is 0.304 e. The number of ether oxygens (including phenoxy) is 1. The molecule has 2 rings (SSSR count). The Morgan fingerprint density at radius 3 is 2.52 bits per heavy atom. The lowest BCUT2D eigenvalue weighted by Crippen LogP contribution is -2.00. The number of hydrogen-bond acceptors (Lipinski definition) is 3. The summed E-state index contributed by atoms with van der Waals surface area (Å²) in [5.74, 6) is -0.107. The molecule has 0 saturated carbocycles. The summed E-state index contributed by atoms with van der Waals surface area (Å²) in [5, 5.41) is 10.6. The smallest absolute Gasteiger partial charge is 0.304 e. The summed E-state index contributed by atoms with van der Waals surface area (Å²) in [6, 6.07) is 7.77. The first-order valence-corrected chi connectivity index (χ1v) is 6.52. The minimum atomic E-state index is -0.849. The van der Waals surface area contributed by atoms with Gasteiger partial charge in [-0.25, -0.2) is 0 Å². The summed E-state index contributed by atoms with van der Waals surface area (Å²) in [4.78, 5) is 9.82. The van der Waals surface area contributed by atoms with Gasteiger partial charge in [-0.3, -0.25) is 10.1 Å². The molecule has 0 saturated heterocycles. The highest BCUT2D eigenvalue weighted by molar-refractivity contribution is 5.42. The SMILES string of the molecule is Cc1cc(C)c(C)c(OCc2ccc([N+](=O)[O-])c(F)c2)c1. The van der Waals surface area contributed by atoms with Crippen molar-refractivity contribution in [3.8, 4) is 5.75 Å². The lowest BCUT2D eigenvalue weighted by atomic mass is 10.1. The molecule has 5 heteroatoms. The average molecular weight is 289 g/mol. The Labute approximate surface area is 122 Å². The Morgan fingerprint density at radius 1 is 1.19 bits per heavy atom. The van der Waals surface area contributed by atoms with E-state index in [1.165, 1.54) is 6.07 Å². The second kappa shape index (κ2) is 5.91. The van der Waals surface area contributed by atoms with Gasteiger partial charge in [0.1, 0.15) is 12.4 Å². The molecule has 0 amide bonds. The minimum absolute atomic E-state index is 0.165. The minimum Gasteiger partial charge on any atom is -0.489 e. The van der Waals surface area contributed by atoms with Gasteiger partial charge in [-0.1, -0.05) is 6.07 Å². The number of nitro groups is 1. The highest BCUT2D eigenvalue weighted by Gasteiger charge is 2.14. The molecule has 21 heavy (non-hydrogen) atoms. The maximum absolute atomic E-state index is 13.5. The first kappa shape index (κ1) is 15.0. The van der Waals surface area contributed by atoms with Crippen molar-refractivity contribution in [3.63, 3.8) is 0 Å². The van der Waals surface area contributed by atoms with Gasteiger partial charge in [0.25, 0.3) is 0 Å². The normalized spacial score (nSPS) is 10.5. The van der Waals surface area contributed by atoms with Crippen LogP contribution in [-0.4, -0.2) is 4.92 Å². The topological polar surface area (TPSA) is 52.4 Å². The van der Waals surface area contributed by atoms with Crippen LogP contribution < -0.4 is 4.74 Å². The van der Waals surface area contributed by atoms with Crippen molar-refractivity contribution in [1.82, 2.24) is 0 Å². The van der Waals surface area contributed by atoms with Crippen molar-refractivity contribution in [3.05, 3.63) is 68.5 Å². The van der Waals surface area contributed by atoms with E-state index < -0.39 is 16.4 Å². The predicted molar refractivity (Wildman–Crippen MR) is 78.0 cm³/mol. The second-order valence-corrected chi connectivity index (χ2v) is 5.04. The first-order chi connectivity index (χ1) is 9.88. The van der Waals surface area contributed by atoms with E-state index in [4.69, 9.17) is 4.74 Å². The van der Waals surface area contributed by atoms with Crippen LogP contribution in [0.2, 0.25) is 0 Å². The van der Waals surface area contributed by atoms with E-state index in [1.807, 2.05) is 26.8 Å². The zero-order valence-corrected chi connectivity index (χ0v) is 12.1. The largest absolute Gasteiger partial charge is 0.489 e. The molecule has 0 aliphatic rings. The number of benzene rings is 2. The molecular formula is C16H16FNO3. The van der Waals surface area contributed by atoms with E-state index in [-0.39, 0.29) is 6.61 Å². The van der Waals surface area contributed by atoms with E-state index in [0.717, 1.165) is 34.6 Å². The van der Waals surface area contributed by atoms with Crippen molar-refractivity contribution in [2.45, 2.75) is 27.4 Å². The Bertz CT molecular complexity index is 698. The molecule has 2 aromatic rings. The fourth-order valence-corrected chi connectivity index (χ4v) is 2.10. The van der Waals surface area contributed by atoms with Crippen molar-refractivity contribution >= 4 is 5.69 Å². The zero-order valence-electron chi connectivity index (χ0n) is 12.1. The fourth-order valence-electron chi connectivity index (χ4n) is 2.10. The zero-order chi connectivity index (χ0) is 15.6. The van der Waals surface area contributed by atoms with Gasteiger partial charge >= 0.3 is 5.69 Å². The fraction of sp³-hybridized carbons (Fsp3) is 0.250. The number of hydrogen-bond donors (Lipinski definition) is 0. The monoisotopic (exact) mass is 289 g/mol. The quantitative estimate of drug-likeness (QED) is 0.625. The molecule has 0 bridgehead atoms. The van der Waals surface area contributed by atoms with Gasteiger partial charge < -0.3 is 4.74 Å². The Hall–Kier alpha value is -2.43. The molecule has 110 valence electrons. The Kier molecular flexibility index (Phi) is 4.21. The van der Waals surface area contributed by atoms with Crippen LogP contribution in [0.4, 0.5) is 10.1 Å². The van der Waals surface area contributed by atoms with E-state index in [9.17, 15) is 14.5 Å². The Balaban J connectivity index is 2.17. The van der Waals surface area contributed by atoms with Crippen molar-refractivity contribution in [2.75, 3.05) is 0 Å². The molecule has 0 heterocycles. The van der Waals surface area contributed by atoms with E-state index in [2.05, 4.69) is 6.07 Å².